The molecule has 2 heterocycles. The highest BCUT2D eigenvalue weighted by molar-refractivity contribution is 6.01. The average molecular weight is 483 g/mol. The van der Waals surface area contributed by atoms with Crippen LogP contribution in [0.2, 0.25) is 0 Å². The summed E-state index contributed by atoms with van der Waals surface area (Å²) < 4.78 is 17.6. The number of aromatic nitrogens is 2. The maximum absolute atomic E-state index is 12.7. The number of furan rings is 1. The number of hydrogen-bond acceptors (Lipinski definition) is 7. The van der Waals surface area contributed by atoms with Gasteiger partial charge >= 0.3 is 5.97 Å². The van der Waals surface area contributed by atoms with Gasteiger partial charge in [0, 0.05) is 5.39 Å². The number of benzene rings is 3. The van der Waals surface area contributed by atoms with Gasteiger partial charge in [-0.1, -0.05) is 42.0 Å². The second-order valence-corrected chi connectivity index (χ2v) is 8.07. The molecule has 1 amide bonds. The van der Waals surface area contributed by atoms with Gasteiger partial charge in [-0.05, 0) is 43.3 Å². The number of aryl methyl sites for hydroxylation is 1. The number of nitrogens with zero attached hydrogens (tertiary/aromatic N) is 2. The van der Waals surface area contributed by atoms with Crippen LogP contribution in [0.25, 0.3) is 22.1 Å². The van der Waals surface area contributed by atoms with Crippen LogP contribution in [0.1, 0.15) is 5.56 Å². The number of anilines is 1. The van der Waals surface area contributed by atoms with Gasteiger partial charge in [-0.3, -0.25) is 19.0 Å². The number of ether oxygens (including phenoxy) is 2. The standard InChI is InChI=1S/C27H21N3O6/c1-17-10-12-18(13-11-17)35-22-9-5-3-7-20(22)29-23(31)15-34-24(32)14-30-16-28-25-19-6-2-4-8-21(19)36-26(25)27(30)33/h2-13,16H,14-15H2,1H3,(H,29,31). The molecule has 0 saturated heterocycles. The summed E-state index contributed by atoms with van der Waals surface area (Å²) in [5.41, 5.74) is 2.01. The van der Waals surface area contributed by atoms with Crippen molar-refractivity contribution in [2.75, 3.05) is 11.9 Å². The summed E-state index contributed by atoms with van der Waals surface area (Å²) in [6.07, 6.45) is 1.26. The van der Waals surface area contributed by atoms with Crippen LogP contribution in [0.15, 0.2) is 88.3 Å². The van der Waals surface area contributed by atoms with Crippen molar-refractivity contribution in [3.8, 4) is 11.5 Å². The fourth-order valence-corrected chi connectivity index (χ4v) is 3.64. The van der Waals surface area contributed by atoms with E-state index in [9.17, 15) is 14.4 Å². The van der Waals surface area contributed by atoms with E-state index in [2.05, 4.69) is 10.3 Å². The van der Waals surface area contributed by atoms with Gasteiger partial charge in [-0.15, -0.1) is 0 Å². The summed E-state index contributed by atoms with van der Waals surface area (Å²) in [6.45, 7) is 1.02. The molecule has 36 heavy (non-hydrogen) atoms. The molecule has 9 heteroatoms. The van der Waals surface area contributed by atoms with E-state index < -0.39 is 30.6 Å². The molecule has 0 unspecified atom stereocenters. The number of rotatable bonds is 7. The summed E-state index contributed by atoms with van der Waals surface area (Å²) in [5.74, 6) is -0.262. The minimum atomic E-state index is -0.770. The zero-order chi connectivity index (χ0) is 25.1. The molecule has 0 aliphatic rings. The Morgan fingerprint density at radius 3 is 2.58 bits per heavy atom. The fourth-order valence-electron chi connectivity index (χ4n) is 3.64. The number of esters is 1. The van der Waals surface area contributed by atoms with Crippen LogP contribution in [-0.2, 0) is 20.9 Å². The molecule has 0 aliphatic heterocycles. The molecule has 0 radical (unpaired) electrons. The Morgan fingerprint density at radius 2 is 1.75 bits per heavy atom. The van der Waals surface area contributed by atoms with Gasteiger partial charge in [0.05, 0.1) is 12.0 Å². The lowest BCUT2D eigenvalue weighted by atomic mass is 10.2. The Bertz CT molecular complexity index is 1640. The molecule has 180 valence electrons. The Kier molecular flexibility index (Phi) is 6.19. The van der Waals surface area contributed by atoms with Crippen LogP contribution in [-0.4, -0.2) is 28.0 Å². The van der Waals surface area contributed by atoms with E-state index in [1.54, 1.807) is 42.5 Å². The molecule has 0 fully saturated rings. The molecular weight excluding hydrogens is 462 g/mol. The first-order chi connectivity index (χ1) is 17.5. The largest absolute Gasteiger partial charge is 0.455 e. The zero-order valence-electron chi connectivity index (χ0n) is 19.3. The van der Waals surface area contributed by atoms with Crippen LogP contribution in [0.3, 0.4) is 0 Å². The lowest BCUT2D eigenvalue weighted by Crippen LogP contribution is -2.27. The van der Waals surface area contributed by atoms with Crippen molar-refractivity contribution in [3.63, 3.8) is 0 Å². The van der Waals surface area contributed by atoms with Gasteiger partial charge in [-0.25, -0.2) is 4.98 Å². The van der Waals surface area contributed by atoms with Gasteiger partial charge in [0.1, 0.15) is 23.4 Å². The lowest BCUT2D eigenvalue weighted by Gasteiger charge is -2.12. The van der Waals surface area contributed by atoms with E-state index in [1.165, 1.54) is 6.33 Å². The summed E-state index contributed by atoms with van der Waals surface area (Å²) in [4.78, 5) is 41.7. The number of amides is 1. The van der Waals surface area contributed by atoms with Gasteiger partial charge in [-0.2, -0.15) is 0 Å². The van der Waals surface area contributed by atoms with Crippen LogP contribution in [0, 0.1) is 6.92 Å². The van der Waals surface area contributed by atoms with Crippen molar-refractivity contribution in [3.05, 3.63) is 95.0 Å². The molecule has 9 nitrogen and oxygen atoms in total. The minimum absolute atomic E-state index is 0.0504. The maximum Gasteiger partial charge on any atom is 0.326 e. The van der Waals surface area contributed by atoms with E-state index in [4.69, 9.17) is 13.9 Å². The number of carbonyl (C=O) groups is 2. The fraction of sp³-hybridized carbons (Fsp3) is 0.111. The molecule has 2 aromatic heterocycles. The molecule has 3 aromatic carbocycles. The van der Waals surface area contributed by atoms with Crippen molar-refractivity contribution in [1.82, 2.24) is 9.55 Å². The van der Waals surface area contributed by atoms with Crippen LogP contribution >= 0.6 is 0 Å². The molecule has 0 aliphatic carbocycles. The molecule has 1 N–H and O–H groups in total. The SMILES string of the molecule is Cc1ccc(Oc2ccccc2NC(=O)COC(=O)Cn2cnc3c(oc4ccccc43)c2=O)cc1. The number of carbonyl (C=O) groups excluding carboxylic acids is 2. The van der Waals surface area contributed by atoms with Crippen LogP contribution in [0.5, 0.6) is 11.5 Å². The van der Waals surface area contributed by atoms with E-state index >= 15 is 0 Å². The minimum Gasteiger partial charge on any atom is -0.455 e. The van der Waals surface area contributed by atoms with Crippen LogP contribution < -0.4 is 15.6 Å². The predicted molar refractivity (Wildman–Crippen MR) is 133 cm³/mol. The maximum atomic E-state index is 12.7. The van der Waals surface area contributed by atoms with Crippen molar-refractivity contribution in [2.45, 2.75) is 13.5 Å². The summed E-state index contributed by atoms with van der Waals surface area (Å²) >= 11 is 0. The van der Waals surface area contributed by atoms with Crippen LogP contribution in [0.4, 0.5) is 5.69 Å². The predicted octanol–water partition coefficient (Wildman–Crippen LogP) is 4.43. The summed E-state index contributed by atoms with van der Waals surface area (Å²) in [6, 6.07) is 21.6. The van der Waals surface area contributed by atoms with Crippen molar-refractivity contribution in [1.29, 1.82) is 0 Å². The molecule has 0 spiro atoms. The first-order valence-corrected chi connectivity index (χ1v) is 11.1. The van der Waals surface area contributed by atoms with Crippen molar-refractivity contribution < 1.29 is 23.5 Å². The van der Waals surface area contributed by atoms with Gasteiger partial charge < -0.3 is 19.2 Å². The third-order valence-corrected chi connectivity index (χ3v) is 5.42. The Balaban J connectivity index is 1.21. The first-order valence-electron chi connectivity index (χ1n) is 11.1. The lowest BCUT2D eigenvalue weighted by molar-refractivity contribution is -0.147. The zero-order valence-corrected chi connectivity index (χ0v) is 19.3. The highest BCUT2D eigenvalue weighted by Crippen LogP contribution is 2.29. The average Bonchev–Trinajstić information content (AvgIpc) is 3.27. The quantitative estimate of drug-likeness (QED) is 0.341. The van der Waals surface area contributed by atoms with Gasteiger partial charge in [0.15, 0.2) is 12.4 Å². The van der Waals surface area contributed by atoms with E-state index in [-0.39, 0.29) is 5.58 Å². The highest BCUT2D eigenvalue weighted by atomic mass is 16.5. The van der Waals surface area contributed by atoms with Gasteiger partial charge in [0.2, 0.25) is 5.58 Å². The Hall–Kier alpha value is -4.92. The Morgan fingerprint density at radius 1 is 1.00 bits per heavy atom. The normalized spacial score (nSPS) is 10.9. The smallest absolute Gasteiger partial charge is 0.326 e. The second kappa shape index (κ2) is 9.75. The number of para-hydroxylation sites is 3. The molecule has 0 bridgehead atoms. The van der Waals surface area contributed by atoms with Crippen molar-refractivity contribution in [2.24, 2.45) is 0 Å². The second-order valence-electron chi connectivity index (χ2n) is 8.07. The number of fused-ring (bicyclic) bond motifs is 3. The number of hydrogen-bond donors (Lipinski definition) is 1. The molecular formula is C27H21N3O6. The molecule has 5 rings (SSSR count). The monoisotopic (exact) mass is 483 g/mol. The topological polar surface area (TPSA) is 113 Å². The Labute approximate surface area is 204 Å². The summed E-state index contributed by atoms with van der Waals surface area (Å²) in [5, 5.41) is 3.39. The van der Waals surface area contributed by atoms with E-state index in [1.807, 2.05) is 37.3 Å². The van der Waals surface area contributed by atoms with Gasteiger partial charge in [0.25, 0.3) is 11.5 Å². The first kappa shape index (κ1) is 22.9. The summed E-state index contributed by atoms with van der Waals surface area (Å²) in [7, 11) is 0. The van der Waals surface area contributed by atoms with E-state index in [0.717, 1.165) is 10.1 Å². The molecule has 5 aromatic rings. The third-order valence-electron chi connectivity index (χ3n) is 5.42. The number of nitrogens with one attached hydrogen (secondary N) is 1. The molecule has 0 atom stereocenters. The van der Waals surface area contributed by atoms with Crippen molar-refractivity contribution >= 4 is 39.6 Å². The van der Waals surface area contributed by atoms with E-state index in [0.29, 0.717) is 33.7 Å². The highest BCUT2D eigenvalue weighted by Gasteiger charge is 2.16. The third kappa shape index (κ3) is 4.80. The molecule has 0 saturated carbocycles.